The fraction of sp³-hybridized carbons (Fsp3) is 0.250. The molecule has 3 rings (SSSR count). The first kappa shape index (κ1) is 13.5. The van der Waals surface area contributed by atoms with Crippen molar-refractivity contribution in [2.24, 2.45) is 7.05 Å². The predicted octanol–water partition coefficient (Wildman–Crippen LogP) is 3.35. The molecule has 21 heavy (non-hydrogen) atoms. The highest BCUT2D eigenvalue weighted by molar-refractivity contribution is 6.01. The molecule has 0 aliphatic heterocycles. The molecule has 4 nitrogen and oxygen atoms in total. The molecule has 2 heterocycles. The number of hydrogen-bond donors (Lipinski definition) is 0. The van der Waals surface area contributed by atoms with E-state index in [0.29, 0.717) is 16.5 Å². The summed E-state index contributed by atoms with van der Waals surface area (Å²) in [7, 11) is 1.80. The minimum absolute atomic E-state index is 0.132. The van der Waals surface area contributed by atoms with Crippen LogP contribution in [-0.2, 0) is 13.5 Å². The van der Waals surface area contributed by atoms with E-state index < -0.39 is 0 Å². The third-order valence-electron chi connectivity index (χ3n) is 3.59. The van der Waals surface area contributed by atoms with Crippen molar-refractivity contribution in [1.29, 1.82) is 0 Å². The van der Waals surface area contributed by atoms with Gasteiger partial charge in [-0.2, -0.15) is 5.10 Å². The van der Waals surface area contributed by atoms with Crippen molar-refractivity contribution >= 4 is 16.8 Å². The Morgan fingerprint density at radius 1 is 1.33 bits per heavy atom. The third-order valence-corrected chi connectivity index (χ3v) is 3.59. The number of furan rings is 1. The van der Waals surface area contributed by atoms with Crippen molar-refractivity contribution in [2.45, 2.75) is 20.3 Å². The van der Waals surface area contributed by atoms with E-state index in [-0.39, 0.29) is 23.8 Å². The highest BCUT2D eigenvalue weighted by atomic mass is 19.1. The number of halogens is 1. The van der Waals surface area contributed by atoms with Crippen molar-refractivity contribution in [1.82, 2.24) is 9.78 Å². The lowest BCUT2D eigenvalue weighted by atomic mass is 10.1. The summed E-state index contributed by atoms with van der Waals surface area (Å²) in [6.45, 7) is 3.65. The SMILES string of the molecule is Cc1cc(CC(=O)c2oc3ccc(F)cc3c2C)n(C)n1. The molecule has 0 bridgehead atoms. The van der Waals surface area contributed by atoms with Gasteiger partial charge >= 0.3 is 0 Å². The lowest BCUT2D eigenvalue weighted by molar-refractivity contribution is 0.0965. The van der Waals surface area contributed by atoms with Crippen LogP contribution in [-0.4, -0.2) is 15.6 Å². The molecule has 0 unspecified atom stereocenters. The van der Waals surface area contributed by atoms with Gasteiger partial charge in [0, 0.05) is 23.7 Å². The number of carbonyl (C=O) groups excluding carboxylic acids is 1. The molecule has 0 amide bonds. The Kier molecular flexibility index (Phi) is 3.12. The van der Waals surface area contributed by atoms with Crippen molar-refractivity contribution < 1.29 is 13.6 Å². The molecule has 0 radical (unpaired) electrons. The molecule has 1 aromatic carbocycles. The summed E-state index contributed by atoms with van der Waals surface area (Å²) >= 11 is 0. The molecule has 108 valence electrons. The highest BCUT2D eigenvalue weighted by Gasteiger charge is 2.19. The molecular formula is C16H15FN2O2. The minimum Gasteiger partial charge on any atom is -0.453 e. The van der Waals surface area contributed by atoms with Gasteiger partial charge in [0.05, 0.1) is 12.1 Å². The van der Waals surface area contributed by atoms with Crippen LogP contribution in [0.1, 0.15) is 27.5 Å². The summed E-state index contributed by atoms with van der Waals surface area (Å²) < 4.78 is 20.6. The van der Waals surface area contributed by atoms with Gasteiger partial charge in [-0.1, -0.05) is 0 Å². The number of hydrogen-bond acceptors (Lipinski definition) is 3. The second kappa shape index (κ2) is 4.84. The quantitative estimate of drug-likeness (QED) is 0.694. The van der Waals surface area contributed by atoms with Crippen LogP contribution in [0.4, 0.5) is 4.39 Å². The summed E-state index contributed by atoms with van der Waals surface area (Å²) in [6.07, 6.45) is 0.209. The van der Waals surface area contributed by atoms with E-state index in [1.54, 1.807) is 24.7 Å². The monoisotopic (exact) mass is 286 g/mol. The number of fused-ring (bicyclic) bond motifs is 1. The van der Waals surface area contributed by atoms with E-state index in [9.17, 15) is 9.18 Å². The van der Waals surface area contributed by atoms with Crippen LogP contribution >= 0.6 is 0 Å². The number of nitrogens with zero attached hydrogens (tertiary/aromatic N) is 2. The molecule has 0 aliphatic carbocycles. The van der Waals surface area contributed by atoms with E-state index in [2.05, 4.69) is 5.10 Å². The van der Waals surface area contributed by atoms with Crippen LogP contribution in [0, 0.1) is 19.7 Å². The molecule has 5 heteroatoms. The van der Waals surface area contributed by atoms with E-state index in [4.69, 9.17) is 4.42 Å². The predicted molar refractivity (Wildman–Crippen MR) is 76.9 cm³/mol. The van der Waals surface area contributed by atoms with Gasteiger partial charge in [0.2, 0.25) is 5.78 Å². The molecule has 0 saturated carbocycles. The van der Waals surface area contributed by atoms with Crippen LogP contribution in [0.2, 0.25) is 0 Å². The molecule has 0 saturated heterocycles. The third kappa shape index (κ3) is 2.35. The van der Waals surface area contributed by atoms with E-state index in [0.717, 1.165) is 11.4 Å². The van der Waals surface area contributed by atoms with Crippen molar-refractivity contribution in [3.63, 3.8) is 0 Å². The first-order chi connectivity index (χ1) is 9.95. The molecular weight excluding hydrogens is 271 g/mol. The van der Waals surface area contributed by atoms with Gasteiger partial charge in [-0.3, -0.25) is 9.48 Å². The van der Waals surface area contributed by atoms with Crippen molar-refractivity contribution in [3.8, 4) is 0 Å². The Balaban J connectivity index is 1.98. The van der Waals surface area contributed by atoms with Crippen molar-refractivity contribution in [3.05, 3.63) is 52.8 Å². The molecule has 2 aromatic heterocycles. The lowest BCUT2D eigenvalue weighted by Crippen LogP contribution is -2.08. The summed E-state index contributed by atoms with van der Waals surface area (Å²) in [5, 5.41) is 4.86. The van der Waals surface area contributed by atoms with E-state index in [1.165, 1.54) is 12.1 Å². The Hall–Kier alpha value is -2.43. The second-order valence-corrected chi connectivity index (χ2v) is 5.20. The van der Waals surface area contributed by atoms with Crippen LogP contribution in [0.15, 0.2) is 28.7 Å². The van der Waals surface area contributed by atoms with Gasteiger partial charge in [-0.05, 0) is 38.1 Å². The summed E-state index contributed by atoms with van der Waals surface area (Å²) in [6, 6.07) is 6.13. The number of aryl methyl sites for hydroxylation is 3. The van der Waals surface area contributed by atoms with Crippen LogP contribution in [0.3, 0.4) is 0 Å². The molecule has 0 N–H and O–H groups in total. The average Bonchev–Trinajstić information content (AvgIpc) is 2.91. The Labute approximate surface area is 121 Å². The molecule has 0 aliphatic rings. The molecule has 3 aromatic rings. The number of carbonyl (C=O) groups is 1. The molecule has 0 atom stereocenters. The van der Waals surface area contributed by atoms with Crippen molar-refractivity contribution in [2.75, 3.05) is 0 Å². The fourth-order valence-corrected chi connectivity index (χ4v) is 2.53. The highest BCUT2D eigenvalue weighted by Crippen LogP contribution is 2.27. The first-order valence-electron chi connectivity index (χ1n) is 6.67. The number of Topliss-reactive ketones (excluding diaryl/α,β-unsaturated/α-hetero) is 1. The number of ketones is 1. The maximum Gasteiger partial charge on any atom is 0.204 e. The van der Waals surface area contributed by atoms with E-state index in [1.807, 2.05) is 13.0 Å². The van der Waals surface area contributed by atoms with Gasteiger partial charge in [-0.25, -0.2) is 4.39 Å². The molecule has 0 spiro atoms. The standard InChI is InChI=1S/C16H15FN2O2/c1-9-6-12(19(3)18-9)8-14(20)16-10(2)13-7-11(17)4-5-15(13)21-16/h4-7H,8H2,1-3H3. The normalized spacial score (nSPS) is 11.2. The van der Waals surface area contributed by atoms with Gasteiger partial charge in [0.1, 0.15) is 11.4 Å². The lowest BCUT2D eigenvalue weighted by Gasteiger charge is -2.00. The second-order valence-electron chi connectivity index (χ2n) is 5.20. The van der Waals surface area contributed by atoms with Crippen LogP contribution in [0.5, 0.6) is 0 Å². The fourth-order valence-electron chi connectivity index (χ4n) is 2.53. The Morgan fingerprint density at radius 3 is 2.76 bits per heavy atom. The van der Waals surface area contributed by atoms with Gasteiger partial charge in [0.25, 0.3) is 0 Å². The molecule has 0 fully saturated rings. The minimum atomic E-state index is -0.340. The van der Waals surface area contributed by atoms with E-state index >= 15 is 0 Å². The number of rotatable bonds is 3. The summed E-state index contributed by atoms with van der Waals surface area (Å²) in [4.78, 5) is 12.4. The summed E-state index contributed by atoms with van der Waals surface area (Å²) in [5.74, 6) is -0.186. The number of aromatic nitrogens is 2. The zero-order valence-corrected chi connectivity index (χ0v) is 12.1. The van der Waals surface area contributed by atoms with Gasteiger partial charge in [0.15, 0.2) is 5.76 Å². The van der Waals surface area contributed by atoms with Gasteiger partial charge < -0.3 is 4.42 Å². The maximum atomic E-state index is 13.3. The topological polar surface area (TPSA) is 48.0 Å². The Morgan fingerprint density at radius 2 is 2.10 bits per heavy atom. The maximum absolute atomic E-state index is 13.3. The average molecular weight is 286 g/mol. The summed E-state index contributed by atoms with van der Waals surface area (Å²) in [5.41, 5.74) is 2.89. The zero-order valence-electron chi connectivity index (χ0n) is 12.1. The smallest absolute Gasteiger partial charge is 0.204 e. The largest absolute Gasteiger partial charge is 0.453 e. The van der Waals surface area contributed by atoms with Crippen LogP contribution in [0.25, 0.3) is 11.0 Å². The number of benzene rings is 1. The Bertz CT molecular complexity index is 845. The van der Waals surface area contributed by atoms with Crippen LogP contribution < -0.4 is 0 Å². The van der Waals surface area contributed by atoms with Gasteiger partial charge in [-0.15, -0.1) is 0 Å². The zero-order chi connectivity index (χ0) is 15.1. The first-order valence-corrected chi connectivity index (χ1v) is 6.67.